The molecule has 1 aromatic carbocycles. The molecule has 0 fully saturated rings. The second-order valence-corrected chi connectivity index (χ2v) is 6.59. The third-order valence-electron chi connectivity index (χ3n) is 3.27. The van der Waals surface area contributed by atoms with Crippen molar-refractivity contribution in [2.45, 2.75) is 45.9 Å². The first-order valence-electron chi connectivity index (χ1n) is 7.68. The van der Waals surface area contributed by atoms with Gasteiger partial charge in [0.05, 0.1) is 18.2 Å². The molecule has 5 nitrogen and oxygen atoms in total. The van der Waals surface area contributed by atoms with Crippen molar-refractivity contribution in [2.75, 3.05) is 0 Å². The standard InChI is InChI=1S/C17H23N3O2S/c1-11(2)22-15-7-5-14(6-8-15)12(3)19-17(21)20-13(4)16-18-9-10-23-16/h5-13H,1-4H3,(H2,19,20,21)/t12-,13-/m0/s1. The molecule has 2 amide bonds. The first-order valence-corrected chi connectivity index (χ1v) is 8.56. The van der Waals surface area contributed by atoms with Crippen LogP contribution in [0, 0.1) is 0 Å². The first kappa shape index (κ1) is 17.3. The Morgan fingerprint density at radius 1 is 1.09 bits per heavy atom. The highest BCUT2D eigenvalue weighted by Gasteiger charge is 2.14. The van der Waals surface area contributed by atoms with E-state index in [1.165, 1.54) is 11.3 Å². The first-order chi connectivity index (χ1) is 11.0. The van der Waals surface area contributed by atoms with Gasteiger partial charge in [-0.3, -0.25) is 0 Å². The molecular formula is C17H23N3O2S. The monoisotopic (exact) mass is 333 g/mol. The van der Waals surface area contributed by atoms with Crippen LogP contribution in [-0.4, -0.2) is 17.1 Å². The molecule has 0 saturated heterocycles. The Hall–Kier alpha value is -2.08. The van der Waals surface area contributed by atoms with Crippen LogP contribution in [0.3, 0.4) is 0 Å². The molecule has 0 aliphatic rings. The molecule has 6 heteroatoms. The van der Waals surface area contributed by atoms with Crippen molar-refractivity contribution in [1.82, 2.24) is 15.6 Å². The van der Waals surface area contributed by atoms with Gasteiger partial charge < -0.3 is 15.4 Å². The maximum atomic E-state index is 12.1. The number of benzene rings is 1. The largest absolute Gasteiger partial charge is 0.491 e. The van der Waals surface area contributed by atoms with Crippen LogP contribution in [0.15, 0.2) is 35.8 Å². The molecule has 1 aromatic heterocycles. The molecule has 0 spiro atoms. The number of ether oxygens (including phenoxy) is 1. The molecule has 0 radical (unpaired) electrons. The Morgan fingerprint density at radius 2 is 1.74 bits per heavy atom. The summed E-state index contributed by atoms with van der Waals surface area (Å²) in [4.78, 5) is 16.3. The van der Waals surface area contributed by atoms with Crippen molar-refractivity contribution in [3.8, 4) is 5.75 Å². The van der Waals surface area contributed by atoms with E-state index in [4.69, 9.17) is 4.74 Å². The summed E-state index contributed by atoms with van der Waals surface area (Å²) in [6.45, 7) is 7.85. The smallest absolute Gasteiger partial charge is 0.315 e. The predicted molar refractivity (Wildman–Crippen MR) is 92.8 cm³/mol. The highest BCUT2D eigenvalue weighted by molar-refractivity contribution is 7.09. The molecule has 2 aromatic rings. The molecule has 2 atom stereocenters. The number of urea groups is 1. The minimum absolute atomic E-state index is 0.0911. The highest BCUT2D eigenvalue weighted by atomic mass is 32.1. The summed E-state index contributed by atoms with van der Waals surface area (Å²) in [5.41, 5.74) is 1.03. The zero-order valence-electron chi connectivity index (χ0n) is 13.9. The Bertz CT molecular complexity index is 611. The summed E-state index contributed by atoms with van der Waals surface area (Å²) >= 11 is 1.53. The van der Waals surface area contributed by atoms with Crippen LogP contribution in [0.5, 0.6) is 5.75 Å². The van der Waals surface area contributed by atoms with E-state index in [2.05, 4.69) is 15.6 Å². The summed E-state index contributed by atoms with van der Waals surface area (Å²) in [5, 5.41) is 8.62. The third-order valence-corrected chi connectivity index (χ3v) is 4.23. The zero-order valence-corrected chi connectivity index (χ0v) is 14.7. The fourth-order valence-electron chi connectivity index (χ4n) is 2.14. The predicted octanol–water partition coefficient (Wildman–Crippen LogP) is 4.05. The number of hydrogen-bond acceptors (Lipinski definition) is 4. The van der Waals surface area contributed by atoms with Crippen LogP contribution < -0.4 is 15.4 Å². The fourth-order valence-corrected chi connectivity index (χ4v) is 2.78. The molecule has 0 aliphatic carbocycles. The van der Waals surface area contributed by atoms with E-state index in [9.17, 15) is 4.79 Å². The number of aromatic nitrogens is 1. The Balaban J connectivity index is 1.88. The van der Waals surface area contributed by atoms with E-state index in [0.29, 0.717) is 0 Å². The van der Waals surface area contributed by atoms with Gasteiger partial charge in [-0.15, -0.1) is 11.3 Å². The normalized spacial score (nSPS) is 13.4. The van der Waals surface area contributed by atoms with Gasteiger partial charge in [0.15, 0.2) is 0 Å². The molecule has 124 valence electrons. The van der Waals surface area contributed by atoms with Gasteiger partial charge in [0.2, 0.25) is 0 Å². The Kier molecular flexibility index (Phi) is 5.98. The van der Waals surface area contributed by atoms with Crippen LogP contribution in [0.2, 0.25) is 0 Å². The van der Waals surface area contributed by atoms with Gasteiger partial charge in [-0.05, 0) is 45.4 Å². The van der Waals surface area contributed by atoms with Gasteiger partial charge in [-0.2, -0.15) is 0 Å². The van der Waals surface area contributed by atoms with Gasteiger partial charge in [0.1, 0.15) is 10.8 Å². The lowest BCUT2D eigenvalue weighted by atomic mass is 10.1. The molecule has 2 rings (SSSR count). The van der Waals surface area contributed by atoms with Crippen molar-refractivity contribution >= 4 is 17.4 Å². The maximum Gasteiger partial charge on any atom is 0.315 e. The van der Waals surface area contributed by atoms with Crippen LogP contribution in [-0.2, 0) is 0 Å². The molecule has 2 N–H and O–H groups in total. The molecule has 1 heterocycles. The zero-order chi connectivity index (χ0) is 16.8. The van der Waals surface area contributed by atoms with E-state index >= 15 is 0 Å². The lowest BCUT2D eigenvalue weighted by Crippen LogP contribution is -2.38. The Morgan fingerprint density at radius 3 is 2.30 bits per heavy atom. The summed E-state index contributed by atoms with van der Waals surface area (Å²) in [5.74, 6) is 0.831. The number of nitrogens with zero attached hydrogens (tertiary/aromatic N) is 1. The van der Waals surface area contributed by atoms with Crippen molar-refractivity contribution in [3.63, 3.8) is 0 Å². The van der Waals surface area contributed by atoms with E-state index in [1.54, 1.807) is 6.20 Å². The quantitative estimate of drug-likeness (QED) is 0.838. The summed E-state index contributed by atoms with van der Waals surface area (Å²) in [7, 11) is 0. The van der Waals surface area contributed by atoms with Crippen LogP contribution in [0.4, 0.5) is 4.79 Å². The number of hydrogen-bond donors (Lipinski definition) is 2. The molecule has 0 bridgehead atoms. The van der Waals surface area contributed by atoms with Gasteiger partial charge in [-0.25, -0.2) is 9.78 Å². The minimum atomic E-state index is -0.206. The van der Waals surface area contributed by atoms with Crippen LogP contribution >= 0.6 is 11.3 Å². The Labute approximate surface area is 141 Å². The molecule has 0 unspecified atom stereocenters. The summed E-state index contributed by atoms with van der Waals surface area (Å²) < 4.78 is 5.62. The molecule has 0 aliphatic heterocycles. The van der Waals surface area contributed by atoms with Gasteiger partial charge >= 0.3 is 6.03 Å². The molecular weight excluding hydrogens is 310 g/mol. The van der Waals surface area contributed by atoms with Gasteiger partial charge in [-0.1, -0.05) is 12.1 Å². The number of thiazole rings is 1. The van der Waals surface area contributed by atoms with Gasteiger partial charge in [0, 0.05) is 11.6 Å². The number of carbonyl (C=O) groups excluding carboxylic acids is 1. The third kappa shape index (κ3) is 5.25. The molecule has 23 heavy (non-hydrogen) atoms. The number of carbonyl (C=O) groups is 1. The topological polar surface area (TPSA) is 63.2 Å². The molecule has 0 saturated carbocycles. The van der Waals surface area contributed by atoms with Crippen molar-refractivity contribution in [3.05, 3.63) is 46.4 Å². The van der Waals surface area contributed by atoms with Crippen molar-refractivity contribution in [1.29, 1.82) is 0 Å². The summed E-state index contributed by atoms with van der Waals surface area (Å²) in [6, 6.07) is 7.37. The van der Waals surface area contributed by atoms with Crippen molar-refractivity contribution in [2.24, 2.45) is 0 Å². The average molecular weight is 333 g/mol. The lowest BCUT2D eigenvalue weighted by Gasteiger charge is -2.18. The summed E-state index contributed by atoms with van der Waals surface area (Å²) in [6.07, 6.45) is 1.88. The highest BCUT2D eigenvalue weighted by Crippen LogP contribution is 2.19. The fraction of sp³-hybridized carbons (Fsp3) is 0.412. The van der Waals surface area contributed by atoms with Crippen molar-refractivity contribution < 1.29 is 9.53 Å². The van der Waals surface area contributed by atoms with Crippen LogP contribution in [0.1, 0.15) is 50.3 Å². The second kappa shape index (κ2) is 7.97. The second-order valence-electron chi connectivity index (χ2n) is 5.67. The van der Waals surface area contributed by atoms with Gasteiger partial charge in [0.25, 0.3) is 0 Å². The van der Waals surface area contributed by atoms with E-state index < -0.39 is 0 Å². The SMILES string of the molecule is CC(C)Oc1ccc([C@H](C)NC(=O)N[C@@H](C)c2nccs2)cc1. The number of amides is 2. The number of rotatable bonds is 6. The van der Waals surface area contributed by atoms with E-state index in [0.717, 1.165) is 16.3 Å². The average Bonchev–Trinajstić information content (AvgIpc) is 3.01. The van der Waals surface area contributed by atoms with E-state index in [1.807, 2.05) is 57.3 Å². The van der Waals surface area contributed by atoms with E-state index in [-0.39, 0.29) is 24.2 Å². The minimum Gasteiger partial charge on any atom is -0.491 e. The maximum absolute atomic E-state index is 12.1. The number of nitrogens with one attached hydrogen (secondary N) is 2. The van der Waals surface area contributed by atoms with Crippen LogP contribution in [0.25, 0.3) is 0 Å². The lowest BCUT2D eigenvalue weighted by molar-refractivity contribution is 0.235.